The fraction of sp³-hybridized carbons (Fsp3) is 0.850. The summed E-state index contributed by atoms with van der Waals surface area (Å²) in [5.74, 6) is 0. The third-order valence-electron chi connectivity index (χ3n) is 5.58. The highest BCUT2D eigenvalue weighted by molar-refractivity contribution is 6.77. The number of aldehydes is 1. The van der Waals surface area contributed by atoms with Gasteiger partial charge in [0, 0.05) is 13.0 Å². The summed E-state index contributed by atoms with van der Waals surface area (Å²) in [6.45, 7) is 18.9. The first-order valence-corrected chi connectivity index (χ1v) is 11.8. The van der Waals surface area contributed by atoms with Gasteiger partial charge < -0.3 is 14.0 Å². The maximum absolute atomic E-state index is 10.5. The summed E-state index contributed by atoms with van der Waals surface area (Å²) >= 11 is 0. The van der Waals surface area contributed by atoms with Gasteiger partial charge in [0.15, 0.2) is 8.32 Å². The van der Waals surface area contributed by atoms with Crippen molar-refractivity contribution in [3.05, 3.63) is 12.2 Å². The van der Waals surface area contributed by atoms with Crippen LogP contribution >= 0.6 is 0 Å². The van der Waals surface area contributed by atoms with Crippen molar-refractivity contribution in [3.63, 3.8) is 0 Å². The van der Waals surface area contributed by atoms with E-state index in [1.807, 2.05) is 0 Å². The summed E-state index contributed by atoms with van der Waals surface area (Å²) in [4.78, 5) is 10.5. The zero-order valence-corrected chi connectivity index (χ0v) is 17.6. The standard InChI is InChI=1S/C20H38O3Si/c1-15(2)24(16(3)4,17(5)6)22-13-9-10-19-14-18(7)20(23-19)11-8-12-21/h12,15-17,19-20H,7-11,13-14H2,1-6H3/t19-,20-/m0/s1. The molecule has 3 nitrogen and oxygen atoms in total. The lowest BCUT2D eigenvalue weighted by molar-refractivity contribution is -0.108. The first-order chi connectivity index (χ1) is 11.3. The Morgan fingerprint density at radius 1 is 1.17 bits per heavy atom. The van der Waals surface area contributed by atoms with Gasteiger partial charge in [-0.2, -0.15) is 0 Å². The number of hydrogen-bond acceptors (Lipinski definition) is 3. The summed E-state index contributed by atoms with van der Waals surface area (Å²) in [5.41, 5.74) is 3.05. The fourth-order valence-corrected chi connectivity index (χ4v) is 10.0. The van der Waals surface area contributed by atoms with Crippen LogP contribution in [0.5, 0.6) is 0 Å². The molecule has 0 radical (unpaired) electrons. The molecule has 1 rings (SSSR count). The minimum atomic E-state index is -1.75. The topological polar surface area (TPSA) is 35.5 Å². The van der Waals surface area contributed by atoms with Crippen LogP contribution in [0.3, 0.4) is 0 Å². The molecule has 0 bridgehead atoms. The van der Waals surface area contributed by atoms with E-state index in [0.29, 0.717) is 23.0 Å². The van der Waals surface area contributed by atoms with Crippen LogP contribution in [0.2, 0.25) is 16.6 Å². The van der Waals surface area contributed by atoms with E-state index in [1.54, 1.807) is 0 Å². The van der Waals surface area contributed by atoms with Crippen molar-refractivity contribution < 1.29 is 14.0 Å². The Balaban J connectivity index is 2.44. The third-order valence-corrected chi connectivity index (χ3v) is 11.7. The number of rotatable bonds is 11. The van der Waals surface area contributed by atoms with E-state index in [9.17, 15) is 4.79 Å². The van der Waals surface area contributed by atoms with Crippen LogP contribution in [-0.2, 0) is 14.0 Å². The molecule has 0 aromatic heterocycles. The Morgan fingerprint density at radius 3 is 2.25 bits per heavy atom. The van der Waals surface area contributed by atoms with Crippen molar-refractivity contribution in [2.24, 2.45) is 0 Å². The first kappa shape index (κ1) is 21.6. The normalized spacial score (nSPS) is 22.1. The summed E-state index contributed by atoms with van der Waals surface area (Å²) in [6.07, 6.45) is 5.64. The Labute approximate surface area is 150 Å². The van der Waals surface area contributed by atoms with Crippen molar-refractivity contribution in [2.75, 3.05) is 6.61 Å². The third kappa shape index (κ3) is 5.27. The molecule has 0 amide bonds. The molecule has 0 aliphatic carbocycles. The van der Waals surface area contributed by atoms with E-state index < -0.39 is 8.32 Å². The van der Waals surface area contributed by atoms with Crippen LogP contribution in [0.4, 0.5) is 0 Å². The second-order valence-corrected chi connectivity index (χ2v) is 13.6. The van der Waals surface area contributed by atoms with Crippen LogP contribution in [0, 0.1) is 0 Å². The van der Waals surface area contributed by atoms with E-state index in [0.717, 1.165) is 44.1 Å². The van der Waals surface area contributed by atoms with Crippen molar-refractivity contribution >= 4 is 14.6 Å². The Bertz CT molecular complexity index is 382. The van der Waals surface area contributed by atoms with Gasteiger partial charge in [0.25, 0.3) is 0 Å². The molecule has 2 atom stereocenters. The largest absolute Gasteiger partial charge is 0.416 e. The van der Waals surface area contributed by atoms with E-state index in [-0.39, 0.29) is 12.2 Å². The first-order valence-electron chi connectivity index (χ1n) is 9.66. The van der Waals surface area contributed by atoms with Crippen molar-refractivity contribution in [1.82, 2.24) is 0 Å². The second-order valence-electron chi connectivity index (χ2n) is 8.16. The van der Waals surface area contributed by atoms with Crippen LogP contribution < -0.4 is 0 Å². The average Bonchev–Trinajstić information content (AvgIpc) is 2.84. The Morgan fingerprint density at radius 2 is 1.75 bits per heavy atom. The van der Waals surface area contributed by atoms with E-state index in [4.69, 9.17) is 9.16 Å². The van der Waals surface area contributed by atoms with E-state index >= 15 is 0 Å². The molecule has 1 fully saturated rings. The number of hydrogen-bond donors (Lipinski definition) is 0. The highest BCUT2D eigenvalue weighted by Gasteiger charge is 2.44. The van der Waals surface area contributed by atoms with Gasteiger partial charge in [0.1, 0.15) is 6.29 Å². The molecule has 0 aromatic carbocycles. The lowest BCUT2D eigenvalue weighted by Gasteiger charge is -2.42. The predicted octanol–water partition coefficient (Wildman–Crippen LogP) is 5.65. The molecular formula is C20H38O3Si. The van der Waals surface area contributed by atoms with Crippen LogP contribution in [0.25, 0.3) is 0 Å². The summed E-state index contributed by atoms with van der Waals surface area (Å²) in [5, 5.41) is 0. The van der Waals surface area contributed by atoms with Gasteiger partial charge in [-0.25, -0.2) is 0 Å². The minimum Gasteiger partial charge on any atom is -0.416 e. The average molecular weight is 355 g/mol. The molecule has 1 aliphatic heterocycles. The van der Waals surface area contributed by atoms with Crippen molar-refractivity contribution in [2.45, 2.75) is 102 Å². The molecule has 1 heterocycles. The zero-order chi connectivity index (χ0) is 18.3. The molecule has 0 aromatic rings. The predicted molar refractivity (Wildman–Crippen MR) is 104 cm³/mol. The fourth-order valence-electron chi connectivity index (χ4n) is 4.52. The molecule has 4 heteroatoms. The summed E-state index contributed by atoms with van der Waals surface area (Å²) in [7, 11) is -1.75. The molecule has 140 valence electrons. The van der Waals surface area contributed by atoms with E-state index in [1.165, 1.54) is 0 Å². The molecular weight excluding hydrogens is 316 g/mol. The summed E-state index contributed by atoms with van der Waals surface area (Å²) in [6, 6.07) is 0. The van der Waals surface area contributed by atoms with Crippen molar-refractivity contribution in [1.29, 1.82) is 0 Å². The van der Waals surface area contributed by atoms with Gasteiger partial charge in [-0.15, -0.1) is 0 Å². The molecule has 24 heavy (non-hydrogen) atoms. The molecule has 0 N–H and O–H groups in total. The highest BCUT2D eigenvalue weighted by atomic mass is 28.4. The van der Waals surface area contributed by atoms with Gasteiger partial charge in [-0.05, 0) is 47.9 Å². The smallest absolute Gasteiger partial charge is 0.200 e. The Hall–Kier alpha value is -0.453. The number of carbonyl (C=O) groups excluding carboxylic acids is 1. The lowest BCUT2D eigenvalue weighted by atomic mass is 10.0. The van der Waals surface area contributed by atoms with Gasteiger partial charge in [-0.1, -0.05) is 48.1 Å². The summed E-state index contributed by atoms with van der Waals surface area (Å²) < 4.78 is 12.7. The van der Waals surface area contributed by atoms with Gasteiger partial charge in [0.2, 0.25) is 0 Å². The minimum absolute atomic E-state index is 0.0802. The highest BCUT2D eigenvalue weighted by Crippen LogP contribution is 2.42. The molecule has 0 spiro atoms. The van der Waals surface area contributed by atoms with Crippen LogP contribution in [0.1, 0.15) is 73.6 Å². The lowest BCUT2D eigenvalue weighted by Crippen LogP contribution is -2.48. The number of carbonyl (C=O) groups is 1. The maximum Gasteiger partial charge on any atom is 0.200 e. The van der Waals surface area contributed by atoms with Crippen LogP contribution in [-0.4, -0.2) is 33.4 Å². The maximum atomic E-state index is 10.5. The monoisotopic (exact) mass is 354 g/mol. The molecule has 0 saturated carbocycles. The second kappa shape index (κ2) is 9.88. The molecule has 0 unspecified atom stereocenters. The zero-order valence-electron chi connectivity index (χ0n) is 16.6. The quantitative estimate of drug-likeness (QED) is 0.208. The van der Waals surface area contributed by atoms with Crippen molar-refractivity contribution in [3.8, 4) is 0 Å². The van der Waals surface area contributed by atoms with Gasteiger partial charge in [-0.3, -0.25) is 0 Å². The molecule has 1 saturated heterocycles. The SMILES string of the molecule is C=C1C[C@H](CCCO[Si](C(C)C)(C(C)C)C(C)C)O[C@H]1CCC=O. The van der Waals surface area contributed by atoms with E-state index in [2.05, 4.69) is 48.1 Å². The van der Waals surface area contributed by atoms with Crippen LogP contribution in [0.15, 0.2) is 12.2 Å². The van der Waals surface area contributed by atoms with Gasteiger partial charge >= 0.3 is 0 Å². The van der Waals surface area contributed by atoms with Gasteiger partial charge in [0.05, 0.1) is 12.2 Å². The molecule has 1 aliphatic rings. The number of ether oxygens (including phenoxy) is 1. The Kier molecular flexibility index (Phi) is 8.89.